The van der Waals surface area contributed by atoms with Crippen LogP contribution in [-0.4, -0.2) is 36.6 Å². The number of nitrogens with zero attached hydrogens (tertiary/aromatic N) is 1. The van der Waals surface area contributed by atoms with Gasteiger partial charge in [0.15, 0.2) is 0 Å². The van der Waals surface area contributed by atoms with Crippen molar-refractivity contribution in [1.82, 2.24) is 4.57 Å². The molecule has 0 spiro atoms. The molecule has 0 aliphatic heterocycles. The van der Waals surface area contributed by atoms with E-state index in [1.807, 2.05) is 6.92 Å². The largest absolute Gasteiger partial charge is 0.458 e. The van der Waals surface area contributed by atoms with Crippen LogP contribution < -0.4 is 5.73 Å². The topological polar surface area (TPSA) is 91.4 Å². The molecule has 1 aromatic rings. The number of carbonyl (C=O) groups excluding carboxylic acids is 1. The zero-order valence-corrected chi connectivity index (χ0v) is 13.2. The number of nitrogen functional groups attached to an aromatic ring is 1. The van der Waals surface area contributed by atoms with Crippen molar-refractivity contribution in [2.24, 2.45) is 0 Å². The average molecular weight is 314 g/mol. The molecule has 1 aromatic heterocycles. The molecule has 0 amide bonds. The second kappa shape index (κ2) is 6.09. The molecule has 0 radical (unpaired) electrons. The number of esters is 1. The second-order valence-electron chi connectivity index (χ2n) is 5.59. The molecule has 0 bridgehead atoms. The average Bonchev–Trinajstić information content (AvgIpc) is 2.79. The predicted octanol–water partition coefficient (Wildman–Crippen LogP) is 1.60. The second-order valence-corrected chi connectivity index (χ2v) is 7.92. The van der Waals surface area contributed by atoms with Crippen LogP contribution in [0.2, 0.25) is 0 Å². The van der Waals surface area contributed by atoms with Crippen LogP contribution in [0.4, 0.5) is 5.69 Å². The fourth-order valence-corrected chi connectivity index (χ4v) is 3.93. The Morgan fingerprint density at radius 1 is 1.48 bits per heavy atom. The van der Waals surface area contributed by atoms with Crippen molar-refractivity contribution >= 4 is 21.5 Å². The third-order valence-electron chi connectivity index (χ3n) is 3.92. The number of aryl methyl sites for hydroxylation is 1. The van der Waals surface area contributed by atoms with Crippen LogP contribution in [0.5, 0.6) is 0 Å². The number of sulfone groups is 1. The van der Waals surface area contributed by atoms with E-state index in [0.29, 0.717) is 37.2 Å². The van der Waals surface area contributed by atoms with E-state index in [9.17, 15) is 13.2 Å². The van der Waals surface area contributed by atoms with Gasteiger partial charge in [-0.05, 0) is 32.3 Å². The van der Waals surface area contributed by atoms with Crippen molar-refractivity contribution in [2.75, 3.05) is 12.0 Å². The van der Waals surface area contributed by atoms with Gasteiger partial charge in [-0.15, -0.1) is 0 Å². The Morgan fingerprint density at radius 3 is 2.81 bits per heavy atom. The Morgan fingerprint density at radius 2 is 2.19 bits per heavy atom. The molecule has 1 heterocycles. The van der Waals surface area contributed by atoms with Crippen LogP contribution in [-0.2, 0) is 21.1 Å². The molecular weight excluding hydrogens is 292 g/mol. The summed E-state index contributed by atoms with van der Waals surface area (Å²) in [4.78, 5) is 12.2. The summed E-state index contributed by atoms with van der Waals surface area (Å²) in [5.41, 5.74) is 6.63. The normalized spacial score (nSPS) is 23.0. The first kappa shape index (κ1) is 15.9. The summed E-state index contributed by atoms with van der Waals surface area (Å²) in [5, 5.41) is -0.410. The monoisotopic (exact) mass is 314 g/mol. The van der Waals surface area contributed by atoms with Crippen molar-refractivity contribution in [3.05, 3.63) is 18.0 Å². The van der Waals surface area contributed by atoms with Crippen molar-refractivity contribution in [3.8, 4) is 0 Å². The lowest BCUT2D eigenvalue weighted by Gasteiger charge is -2.27. The Labute approximate surface area is 125 Å². The molecule has 1 aliphatic rings. The molecule has 7 heteroatoms. The molecule has 2 rings (SSSR count). The number of carbonyl (C=O) groups is 1. The number of hydrogen-bond donors (Lipinski definition) is 1. The van der Waals surface area contributed by atoms with Crippen LogP contribution >= 0.6 is 0 Å². The summed E-state index contributed by atoms with van der Waals surface area (Å²) < 4.78 is 30.5. The van der Waals surface area contributed by atoms with Crippen LogP contribution in [0, 0.1) is 0 Å². The number of aromatic nitrogens is 1. The molecule has 1 fully saturated rings. The lowest BCUT2D eigenvalue weighted by molar-refractivity contribution is 0.0203. The highest BCUT2D eigenvalue weighted by molar-refractivity contribution is 7.91. The smallest absolute Gasteiger partial charge is 0.355 e. The Balaban J connectivity index is 2.05. The first-order valence-corrected chi connectivity index (χ1v) is 9.12. The minimum absolute atomic E-state index is 0.340. The summed E-state index contributed by atoms with van der Waals surface area (Å²) in [5.74, 6) is -0.437. The van der Waals surface area contributed by atoms with E-state index in [1.165, 1.54) is 6.26 Å². The lowest BCUT2D eigenvalue weighted by Crippen LogP contribution is -2.33. The molecule has 1 saturated carbocycles. The van der Waals surface area contributed by atoms with Crippen molar-refractivity contribution in [3.63, 3.8) is 0 Å². The van der Waals surface area contributed by atoms with E-state index in [1.54, 1.807) is 16.8 Å². The van der Waals surface area contributed by atoms with Gasteiger partial charge in [-0.1, -0.05) is 0 Å². The molecule has 0 saturated heterocycles. The zero-order chi connectivity index (χ0) is 15.6. The summed E-state index contributed by atoms with van der Waals surface area (Å²) in [6, 6.07) is 1.59. The Bertz CT molecular complexity index is 621. The molecule has 2 atom stereocenters. The molecule has 21 heavy (non-hydrogen) atoms. The van der Waals surface area contributed by atoms with Crippen LogP contribution in [0.25, 0.3) is 0 Å². The summed E-state index contributed by atoms with van der Waals surface area (Å²) in [6.45, 7) is 2.54. The number of nitrogens with two attached hydrogens (primary N) is 1. The molecule has 118 valence electrons. The number of hydrogen-bond acceptors (Lipinski definition) is 5. The van der Waals surface area contributed by atoms with Crippen LogP contribution in [0.1, 0.15) is 43.1 Å². The molecule has 1 aliphatic carbocycles. The van der Waals surface area contributed by atoms with Gasteiger partial charge in [0.1, 0.15) is 21.6 Å². The minimum Gasteiger partial charge on any atom is -0.458 e. The summed E-state index contributed by atoms with van der Waals surface area (Å²) >= 11 is 0. The minimum atomic E-state index is -3.08. The third kappa shape index (κ3) is 3.78. The maximum atomic E-state index is 12.2. The SMILES string of the molecule is CCn1cc(N)cc1C(=O)OC1CCCC(S(C)(=O)=O)C1. The first-order chi connectivity index (χ1) is 9.81. The molecule has 0 aromatic carbocycles. The molecular formula is C14H22N2O4S. The summed E-state index contributed by atoms with van der Waals surface area (Å²) in [7, 11) is -3.08. The van der Waals surface area contributed by atoms with Gasteiger partial charge in [-0.3, -0.25) is 0 Å². The van der Waals surface area contributed by atoms with Gasteiger partial charge < -0.3 is 15.0 Å². The van der Waals surface area contributed by atoms with Crippen molar-refractivity contribution in [1.29, 1.82) is 0 Å². The van der Waals surface area contributed by atoms with Gasteiger partial charge in [-0.25, -0.2) is 13.2 Å². The molecule has 2 N–H and O–H groups in total. The van der Waals surface area contributed by atoms with E-state index in [2.05, 4.69) is 0 Å². The predicted molar refractivity (Wildman–Crippen MR) is 80.8 cm³/mol. The van der Waals surface area contributed by atoms with Gasteiger partial charge in [0.05, 0.1) is 10.9 Å². The highest BCUT2D eigenvalue weighted by atomic mass is 32.2. The highest BCUT2D eigenvalue weighted by Gasteiger charge is 2.31. The fraction of sp³-hybridized carbons (Fsp3) is 0.643. The maximum Gasteiger partial charge on any atom is 0.355 e. The third-order valence-corrected chi connectivity index (χ3v) is 5.56. The van der Waals surface area contributed by atoms with Crippen LogP contribution in [0.3, 0.4) is 0 Å². The van der Waals surface area contributed by atoms with E-state index in [-0.39, 0.29) is 6.10 Å². The van der Waals surface area contributed by atoms with E-state index >= 15 is 0 Å². The van der Waals surface area contributed by atoms with E-state index in [4.69, 9.17) is 10.5 Å². The lowest BCUT2D eigenvalue weighted by atomic mass is 9.97. The van der Waals surface area contributed by atoms with Gasteiger partial charge in [0.25, 0.3) is 0 Å². The van der Waals surface area contributed by atoms with Gasteiger partial charge in [0.2, 0.25) is 0 Å². The van der Waals surface area contributed by atoms with Crippen molar-refractivity contribution in [2.45, 2.75) is 50.5 Å². The maximum absolute atomic E-state index is 12.2. The molecule has 2 unspecified atom stereocenters. The van der Waals surface area contributed by atoms with Gasteiger partial charge in [0, 0.05) is 25.4 Å². The van der Waals surface area contributed by atoms with Gasteiger partial charge >= 0.3 is 5.97 Å². The number of rotatable bonds is 4. The Hall–Kier alpha value is -1.50. The highest BCUT2D eigenvalue weighted by Crippen LogP contribution is 2.27. The first-order valence-electron chi connectivity index (χ1n) is 7.16. The van der Waals surface area contributed by atoms with E-state index in [0.717, 1.165) is 6.42 Å². The standard InChI is InChI=1S/C14H22N2O4S/c1-3-16-9-10(15)7-13(16)14(17)20-11-5-4-6-12(8-11)21(2,18)19/h7,9,11-12H,3-6,8,15H2,1-2H3. The quantitative estimate of drug-likeness (QED) is 0.852. The summed E-state index contributed by atoms with van der Waals surface area (Å²) in [6.07, 6.45) is 5.08. The van der Waals surface area contributed by atoms with E-state index < -0.39 is 21.1 Å². The zero-order valence-electron chi connectivity index (χ0n) is 12.4. The number of ether oxygens (including phenoxy) is 1. The van der Waals surface area contributed by atoms with Crippen LogP contribution in [0.15, 0.2) is 12.3 Å². The van der Waals surface area contributed by atoms with Crippen molar-refractivity contribution < 1.29 is 17.9 Å². The number of anilines is 1. The molecule has 6 nitrogen and oxygen atoms in total. The van der Waals surface area contributed by atoms with Gasteiger partial charge in [-0.2, -0.15) is 0 Å². The fourth-order valence-electron chi connectivity index (χ4n) is 2.78. The Kier molecular flexibility index (Phi) is 4.61.